The highest BCUT2D eigenvalue weighted by Gasteiger charge is 2.14. The van der Waals surface area contributed by atoms with E-state index in [2.05, 4.69) is 49.9 Å². The van der Waals surface area contributed by atoms with E-state index in [0.29, 0.717) is 18.4 Å². The van der Waals surface area contributed by atoms with Gasteiger partial charge in [0.05, 0.1) is 18.0 Å². The molecule has 0 spiro atoms. The molecule has 0 aliphatic carbocycles. The van der Waals surface area contributed by atoms with E-state index in [1.54, 1.807) is 6.20 Å². The van der Waals surface area contributed by atoms with Crippen molar-refractivity contribution >= 4 is 0 Å². The molecule has 1 unspecified atom stereocenters. The van der Waals surface area contributed by atoms with E-state index in [1.807, 2.05) is 7.05 Å². The lowest BCUT2D eigenvalue weighted by Gasteiger charge is -2.20. The van der Waals surface area contributed by atoms with Crippen molar-refractivity contribution in [2.45, 2.75) is 53.2 Å². The van der Waals surface area contributed by atoms with Gasteiger partial charge in [-0.2, -0.15) is 0 Å². The molecule has 0 bridgehead atoms. The zero-order chi connectivity index (χ0) is 13.7. The Labute approximate surface area is 110 Å². The lowest BCUT2D eigenvalue weighted by molar-refractivity contribution is 0.167. The number of nitrogens with zero attached hydrogens (tertiary/aromatic N) is 2. The van der Waals surface area contributed by atoms with E-state index in [0.717, 1.165) is 17.3 Å². The van der Waals surface area contributed by atoms with Crippen LogP contribution >= 0.6 is 0 Å². The van der Waals surface area contributed by atoms with Gasteiger partial charge in [-0.1, -0.05) is 27.7 Å². The summed E-state index contributed by atoms with van der Waals surface area (Å²) in [5.74, 6) is 2.45. The van der Waals surface area contributed by atoms with Crippen LogP contribution in [0, 0.1) is 5.92 Å². The average Bonchev–Trinajstić information content (AvgIpc) is 2.31. The number of nitrogens with one attached hydrogen (secondary N) is 1. The van der Waals surface area contributed by atoms with Crippen molar-refractivity contribution in [1.82, 2.24) is 15.3 Å². The molecule has 4 nitrogen and oxygen atoms in total. The minimum atomic E-state index is 0.161. The van der Waals surface area contributed by atoms with Crippen LogP contribution in [0.1, 0.15) is 52.1 Å². The van der Waals surface area contributed by atoms with Crippen molar-refractivity contribution < 1.29 is 4.74 Å². The Morgan fingerprint density at radius 2 is 1.89 bits per heavy atom. The SMILES string of the molecule is CNCc1nc(C(C)C)ncc1OC(C)C(C)C. The van der Waals surface area contributed by atoms with Gasteiger partial charge >= 0.3 is 0 Å². The van der Waals surface area contributed by atoms with Gasteiger partial charge in [-0.3, -0.25) is 0 Å². The summed E-state index contributed by atoms with van der Waals surface area (Å²) in [4.78, 5) is 8.95. The van der Waals surface area contributed by atoms with E-state index in [1.165, 1.54) is 0 Å². The first-order chi connectivity index (χ1) is 8.45. The van der Waals surface area contributed by atoms with E-state index in [-0.39, 0.29) is 6.10 Å². The fourth-order valence-electron chi connectivity index (χ4n) is 1.43. The molecule has 1 N–H and O–H groups in total. The standard InChI is InChI=1S/C14H25N3O/c1-9(2)11(5)18-13-8-16-14(10(3)4)17-12(13)7-15-6/h8-11,15H,7H2,1-6H3. The smallest absolute Gasteiger partial charge is 0.160 e. The fourth-order valence-corrected chi connectivity index (χ4v) is 1.43. The average molecular weight is 251 g/mol. The monoisotopic (exact) mass is 251 g/mol. The van der Waals surface area contributed by atoms with Gasteiger partial charge in [0.1, 0.15) is 5.82 Å². The second kappa shape index (κ2) is 6.69. The van der Waals surface area contributed by atoms with Crippen molar-refractivity contribution in [3.05, 3.63) is 17.7 Å². The fraction of sp³-hybridized carbons (Fsp3) is 0.714. The molecule has 0 aliphatic heterocycles. The van der Waals surface area contributed by atoms with Crippen LogP contribution in [0.25, 0.3) is 0 Å². The van der Waals surface area contributed by atoms with Crippen LogP contribution in [0.3, 0.4) is 0 Å². The van der Waals surface area contributed by atoms with Crippen molar-refractivity contribution in [2.24, 2.45) is 5.92 Å². The number of hydrogen-bond donors (Lipinski definition) is 1. The minimum Gasteiger partial charge on any atom is -0.487 e. The summed E-state index contributed by atoms with van der Waals surface area (Å²) in [7, 11) is 1.91. The Bertz CT molecular complexity index is 377. The van der Waals surface area contributed by atoms with Gasteiger partial charge in [0, 0.05) is 12.5 Å². The summed E-state index contributed by atoms with van der Waals surface area (Å²) in [6.07, 6.45) is 1.96. The molecule has 0 fully saturated rings. The highest BCUT2D eigenvalue weighted by atomic mass is 16.5. The molecule has 0 aromatic carbocycles. The molecule has 1 aromatic heterocycles. The van der Waals surface area contributed by atoms with Crippen molar-refractivity contribution in [3.63, 3.8) is 0 Å². The Hall–Kier alpha value is -1.16. The van der Waals surface area contributed by atoms with Crippen molar-refractivity contribution in [1.29, 1.82) is 0 Å². The highest BCUT2D eigenvalue weighted by Crippen LogP contribution is 2.21. The lowest BCUT2D eigenvalue weighted by atomic mass is 10.1. The molecule has 0 saturated carbocycles. The third-order valence-corrected chi connectivity index (χ3v) is 2.96. The van der Waals surface area contributed by atoms with E-state index in [4.69, 9.17) is 4.74 Å². The number of hydrogen-bond acceptors (Lipinski definition) is 4. The zero-order valence-corrected chi connectivity index (χ0v) is 12.3. The zero-order valence-electron chi connectivity index (χ0n) is 12.3. The predicted octanol–water partition coefficient (Wildman–Crippen LogP) is 2.74. The van der Waals surface area contributed by atoms with Crippen LogP contribution in [0.5, 0.6) is 5.75 Å². The molecule has 1 rings (SSSR count). The maximum Gasteiger partial charge on any atom is 0.160 e. The molecule has 4 heteroatoms. The maximum atomic E-state index is 5.93. The number of ether oxygens (including phenoxy) is 1. The Morgan fingerprint density at radius 1 is 1.22 bits per heavy atom. The molecule has 18 heavy (non-hydrogen) atoms. The second-order valence-corrected chi connectivity index (χ2v) is 5.29. The summed E-state index contributed by atoms with van der Waals surface area (Å²) in [6.45, 7) is 11.2. The molecule has 0 amide bonds. The van der Waals surface area contributed by atoms with Gasteiger partial charge in [0.2, 0.25) is 0 Å². The Kier molecular flexibility index (Phi) is 5.54. The molecule has 102 valence electrons. The van der Waals surface area contributed by atoms with Gasteiger partial charge < -0.3 is 10.1 Å². The highest BCUT2D eigenvalue weighted by molar-refractivity contribution is 5.25. The predicted molar refractivity (Wildman–Crippen MR) is 73.8 cm³/mol. The largest absolute Gasteiger partial charge is 0.487 e. The quantitative estimate of drug-likeness (QED) is 0.844. The third kappa shape index (κ3) is 3.95. The Morgan fingerprint density at radius 3 is 2.39 bits per heavy atom. The molecule has 0 aliphatic rings. The van der Waals surface area contributed by atoms with Crippen LogP contribution in [0.2, 0.25) is 0 Å². The van der Waals surface area contributed by atoms with Gasteiger partial charge in [-0.15, -0.1) is 0 Å². The first-order valence-electron chi connectivity index (χ1n) is 6.62. The third-order valence-electron chi connectivity index (χ3n) is 2.96. The van der Waals surface area contributed by atoms with Crippen molar-refractivity contribution in [2.75, 3.05) is 7.05 Å². The summed E-state index contributed by atoms with van der Waals surface area (Å²) in [5, 5.41) is 3.12. The topological polar surface area (TPSA) is 47.0 Å². The minimum absolute atomic E-state index is 0.161. The molecule has 1 heterocycles. The van der Waals surface area contributed by atoms with Crippen LogP contribution in [0.4, 0.5) is 0 Å². The summed E-state index contributed by atoms with van der Waals surface area (Å²) < 4.78 is 5.93. The molecule has 0 saturated heterocycles. The summed E-state index contributed by atoms with van der Waals surface area (Å²) in [6, 6.07) is 0. The van der Waals surface area contributed by atoms with Crippen LogP contribution < -0.4 is 10.1 Å². The van der Waals surface area contributed by atoms with Gasteiger partial charge in [0.25, 0.3) is 0 Å². The van der Waals surface area contributed by atoms with E-state index < -0.39 is 0 Å². The summed E-state index contributed by atoms with van der Waals surface area (Å²) in [5.41, 5.74) is 0.934. The second-order valence-electron chi connectivity index (χ2n) is 5.29. The maximum absolute atomic E-state index is 5.93. The van der Waals surface area contributed by atoms with Gasteiger partial charge in [0.15, 0.2) is 5.75 Å². The molecular formula is C14H25N3O. The first kappa shape index (κ1) is 14.9. The van der Waals surface area contributed by atoms with Crippen LogP contribution in [0.15, 0.2) is 6.20 Å². The van der Waals surface area contributed by atoms with E-state index >= 15 is 0 Å². The number of aromatic nitrogens is 2. The Balaban J connectivity index is 2.96. The molecular weight excluding hydrogens is 226 g/mol. The van der Waals surface area contributed by atoms with Gasteiger partial charge in [-0.05, 0) is 19.9 Å². The van der Waals surface area contributed by atoms with Crippen LogP contribution in [-0.4, -0.2) is 23.1 Å². The van der Waals surface area contributed by atoms with Gasteiger partial charge in [-0.25, -0.2) is 9.97 Å². The lowest BCUT2D eigenvalue weighted by Crippen LogP contribution is -2.21. The van der Waals surface area contributed by atoms with Crippen molar-refractivity contribution in [3.8, 4) is 5.75 Å². The molecule has 1 atom stereocenters. The van der Waals surface area contributed by atoms with Crippen LogP contribution in [-0.2, 0) is 6.54 Å². The molecule has 0 radical (unpaired) electrons. The number of rotatable bonds is 6. The normalized spacial score (nSPS) is 13.1. The van der Waals surface area contributed by atoms with E-state index in [9.17, 15) is 0 Å². The summed E-state index contributed by atoms with van der Waals surface area (Å²) >= 11 is 0. The molecule has 1 aromatic rings. The first-order valence-corrected chi connectivity index (χ1v) is 6.62.